The molecule has 4 nitrogen and oxygen atoms in total. The zero-order valence-corrected chi connectivity index (χ0v) is 9.18. The van der Waals surface area contributed by atoms with Crippen molar-refractivity contribution in [3.8, 4) is 0 Å². The van der Waals surface area contributed by atoms with Gasteiger partial charge in [-0.2, -0.15) is 0 Å². The Kier molecular flexibility index (Phi) is 2.48. The summed E-state index contributed by atoms with van der Waals surface area (Å²) in [6, 6.07) is 6.77. The molecule has 0 fully saturated rings. The number of aryl methyl sites for hydroxylation is 2. The standard InChI is InChI=1S/C12H12N2O2/c1-13-7-3-5-9(13)11(15)12(16)10-6-4-8-14(10)2/h3-8H,1-2H3. The molecule has 0 saturated carbocycles. The van der Waals surface area contributed by atoms with Crippen LogP contribution in [0.25, 0.3) is 0 Å². The van der Waals surface area contributed by atoms with Crippen LogP contribution in [0.3, 0.4) is 0 Å². The number of ketones is 2. The van der Waals surface area contributed by atoms with Gasteiger partial charge in [0.05, 0.1) is 11.4 Å². The van der Waals surface area contributed by atoms with Crippen LogP contribution in [0.5, 0.6) is 0 Å². The van der Waals surface area contributed by atoms with E-state index in [1.807, 2.05) is 0 Å². The van der Waals surface area contributed by atoms with Gasteiger partial charge in [-0.3, -0.25) is 9.59 Å². The van der Waals surface area contributed by atoms with Crippen molar-refractivity contribution in [1.29, 1.82) is 0 Å². The Morgan fingerprint density at radius 2 is 1.25 bits per heavy atom. The molecule has 0 aliphatic rings. The van der Waals surface area contributed by atoms with Crippen molar-refractivity contribution in [3.63, 3.8) is 0 Å². The molecule has 0 N–H and O–H groups in total. The van der Waals surface area contributed by atoms with E-state index in [1.165, 1.54) is 0 Å². The zero-order valence-electron chi connectivity index (χ0n) is 9.18. The van der Waals surface area contributed by atoms with E-state index < -0.39 is 11.6 Å². The highest BCUT2D eigenvalue weighted by Gasteiger charge is 2.21. The minimum Gasteiger partial charge on any atom is -0.348 e. The van der Waals surface area contributed by atoms with Crippen molar-refractivity contribution in [2.75, 3.05) is 0 Å². The SMILES string of the molecule is Cn1cccc1C(=O)C(=O)c1cccn1C. The fourth-order valence-electron chi connectivity index (χ4n) is 1.63. The second-order valence-corrected chi connectivity index (χ2v) is 3.67. The molecular formula is C12H12N2O2. The molecule has 82 valence electrons. The molecule has 0 aliphatic heterocycles. The van der Waals surface area contributed by atoms with Gasteiger partial charge < -0.3 is 9.13 Å². The zero-order chi connectivity index (χ0) is 11.7. The molecule has 2 aromatic rings. The first-order valence-corrected chi connectivity index (χ1v) is 4.93. The highest BCUT2D eigenvalue weighted by atomic mass is 16.2. The first-order chi connectivity index (χ1) is 7.61. The Morgan fingerprint density at radius 3 is 1.50 bits per heavy atom. The van der Waals surface area contributed by atoms with E-state index in [9.17, 15) is 9.59 Å². The Bertz CT molecular complexity index is 499. The largest absolute Gasteiger partial charge is 0.348 e. The number of hydrogen-bond donors (Lipinski definition) is 0. The molecule has 2 heterocycles. The fraction of sp³-hybridized carbons (Fsp3) is 0.167. The van der Waals surface area contributed by atoms with Gasteiger partial charge in [-0.05, 0) is 24.3 Å². The van der Waals surface area contributed by atoms with Crippen LogP contribution in [0.4, 0.5) is 0 Å². The van der Waals surface area contributed by atoms with Gasteiger partial charge in [0.2, 0.25) is 0 Å². The summed E-state index contributed by atoms with van der Waals surface area (Å²) in [4.78, 5) is 23.8. The third-order valence-electron chi connectivity index (χ3n) is 2.56. The predicted molar refractivity (Wildman–Crippen MR) is 59.5 cm³/mol. The van der Waals surface area contributed by atoms with Gasteiger partial charge in [-0.15, -0.1) is 0 Å². The van der Waals surface area contributed by atoms with Crippen LogP contribution in [0.15, 0.2) is 36.7 Å². The molecular weight excluding hydrogens is 204 g/mol. The van der Waals surface area contributed by atoms with Crippen LogP contribution in [0, 0.1) is 0 Å². The monoisotopic (exact) mass is 216 g/mol. The lowest BCUT2D eigenvalue weighted by Gasteiger charge is -2.03. The molecule has 0 unspecified atom stereocenters. The lowest BCUT2D eigenvalue weighted by atomic mass is 10.1. The molecule has 0 amide bonds. The summed E-state index contributed by atoms with van der Waals surface area (Å²) in [5.41, 5.74) is 0.817. The van der Waals surface area contributed by atoms with E-state index in [0.29, 0.717) is 11.4 Å². The molecule has 0 atom stereocenters. The lowest BCUT2D eigenvalue weighted by Crippen LogP contribution is -2.19. The number of nitrogens with zero attached hydrogens (tertiary/aromatic N) is 2. The molecule has 0 aromatic carbocycles. The third kappa shape index (κ3) is 1.58. The Hall–Kier alpha value is -2.10. The maximum Gasteiger partial charge on any atom is 0.251 e. The van der Waals surface area contributed by atoms with Crippen molar-refractivity contribution in [3.05, 3.63) is 48.0 Å². The Morgan fingerprint density at radius 1 is 0.875 bits per heavy atom. The molecule has 2 rings (SSSR count). The molecule has 0 saturated heterocycles. The average Bonchev–Trinajstić information content (AvgIpc) is 2.85. The van der Waals surface area contributed by atoms with Crippen LogP contribution < -0.4 is 0 Å². The van der Waals surface area contributed by atoms with E-state index in [0.717, 1.165) is 0 Å². The van der Waals surface area contributed by atoms with Gasteiger partial charge >= 0.3 is 0 Å². The first kappa shape index (κ1) is 10.4. The fourth-order valence-corrected chi connectivity index (χ4v) is 1.63. The maximum absolute atomic E-state index is 11.9. The highest BCUT2D eigenvalue weighted by molar-refractivity contribution is 6.48. The van der Waals surface area contributed by atoms with Gasteiger partial charge in [-0.1, -0.05) is 0 Å². The Labute approximate surface area is 93.1 Å². The van der Waals surface area contributed by atoms with E-state index >= 15 is 0 Å². The predicted octanol–water partition coefficient (Wildman–Crippen LogP) is 1.43. The van der Waals surface area contributed by atoms with Gasteiger partial charge in [0.1, 0.15) is 0 Å². The van der Waals surface area contributed by atoms with Crippen molar-refractivity contribution < 1.29 is 9.59 Å². The minimum absolute atomic E-state index is 0.409. The molecule has 0 spiro atoms. The molecule has 0 bridgehead atoms. The van der Waals surface area contributed by atoms with Crippen molar-refractivity contribution in [1.82, 2.24) is 9.13 Å². The van der Waals surface area contributed by atoms with Crippen molar-refractivity contribution in [2.24, 2.45) is 14.1 Å². The van der Waals surface area contributed by atoms with Crippen molar-refractivity contribution >= 4 is 11.6 Å². The summed E-state index contributed by atoms with van der Waals surface area (Å²) in [5, 5.41) is 0. The van der Waals surface area contributed by atoms with Crippen LogP contribution in [-0.2, 0) is 14.1 Å². The van der Waals surface area contributed by atoms with E-state index in [1.54, 1.807) is 59.9 Å². The first-order valence-electron chi connectivity index (χ1n) is 4.93. The van der Waals surface area contributed by atoms with Crippen molar-refractivity contribution in [2.45, 2.75) is 0 Å². The van der Waals surface area contributed by atoms with Gasteiger partial charge in [0, 0.05) is 26.5 Å². The van der Waals surface area contributed by atoms with Crippen LogP contribution >= 0.6 is 0 Å². The highest BCUT2D eigenvalue weighted by Crippen LogP contribution is 2.08. The number of hydrogen-bond acceptors (Lipinski definition) is 2. The van der Waals surface area contributed by atoms with Gasteiger partial charge in [0.15, 0.2) is 0 Å². The summed E-state index contributed by atoms with van der Waals surface area (Å²) in [6.07, 6.45) is 3.48. The topological polar surface area (TPSA) is 44.0 Å². The van der Waals surface area contributed by atoms with Gasteiger partial charge in [-0.25, -0.2) is 0 Å². The third-order valence-corrected chi connectivity index (χ3v) is 2.56. The summed E-state index contributed by atoms with van der Waals surface area (Å²) in [7, 11) is 3.48. The summed E-state index contributed by atoms with van der Waals surface area (Å²) >= 11 is 0. The quantitative estimate of drug-likeness (QED) is 0.575. The van der Waals surface area contributed by atoms with E-state index in [4.69, 9.17) is 0 Å². The molecule has 2 aromatic heterocycles. The normalized spacial score (nSPS) is 10.4. The second kappa shape index (κ2) is 3.81. The Balaban J connectivity index is 2.34. The molecule has 16 heavy (non-hydrogen) atoms. The van der Waals surface area contributed by atoms with E-state index in [-0.39, 0.29) is 0 Å². The average molecular weight is 216 g/mol. The van der Waals surface area contributed by atoms with E-state index in [2.05, 4.69) is 0 Å². The van der Waals surface area contributed by atoms with Crippen LogP contribution in [0.1, 0.15) is 21.0 Å². The number of Topliss-reactive ketones (excluding diaryl/α,β-unsaturated/α-hetero) is 2. The number of rotatable bonds is 3. The minimum atomic E-state index is -0.478. The number of aromatic nitrogens is 2. The lowest BCUT2D eigenvalue weighted by molar-refractivity contribution is 0.0807. The number of carbonyl (C=O) groups excluding carboxylic acids is 2. The van der Waals surface area contributed by atoms with Crippen LogP contribution in [0.2, 0.25) is 0 Å². The molecule has 4 heteroatoms. The van der Waals surface area contributed by atoms with Gasteiger partial charge in [0.25, 0.3) is 11.6 Å². The summed E-state index contributed by atoms with van der Waals surface area (Å²) in [5.74, 6) is -0.955. The molecule has 0 aliphatic carbocycles. The maximum atomic E-state index is 11.9. The van der Waals surface area contributed by atoms with Crippen LogP contribution in [-0.4, -0.2) is 20.7 Å². The number of carbonyl (C=O) groups is 2. The summed E-state index contributed by atoms with van der Waals surface area (Å²) in [6.45, 7) is 0. The smallest absolute Gasteiger partial charge is 0.251 e. The molecule has 0 radical (unpaired) electrons. The summed E-state index contributed by atoms with van der Waals surface area (Å²) < 4.78 is 3.28. The second-order valence-electron chi connectivity index (χ2n) is 3.67.